The number of nitrogens with two attached hydrogens (primary N) is 1. The zero-order chi connectivity index (χ0) is 16.3. The zero-order valence-corrected chi connectivity index (χ0v) is 13.6. The molecule has 1 saturated heterocycles. The van der Waals surface area contributed by atoms with Gasteiger partial charge in [0.15, 0.2) is 0 Å². The van der Waals surface area contributed by atoms with Gasteiger partial charge in [0.05, 0.1) is 19.3 Å². The quantitative estimate of drug-likeness (QED) is 0.869. The molecule has 1 aliphatic rings. The summed E-state index contributed by atoms with van der Waals surface area (Å²) in [5, 5.41) is 0. The maximum atomic E-state index is 12.0. The maximum absolute atomic E-state index is 12.0. The molecule has 6 nitrogen and oxygen atoms in total. The summed E-state index contributed by atoms with van der Waals surface area (Å²) in [6.07, 6.45) is 0.417. The number of carbonyl (C=O) groups is 1. The number of nitrogens with zero attached hydrogens (tertiary/aromatic N) is 1. The Morgan fingerprint density at radius 1 is 1.36 bits per heavy atom. The smallest absolute Gasteiger partial charge is 0.410 e. The number of amides is 1. The van der Waals surface area contributed by atoms with Crippen LogP contribution in [0.5, 0.6) is 11.5 Å². The molecular formula is C16H24N2O4. The summed E-state index contributed by atoms with van der Waals surface area (Å²) in [5.41, 5.74) is 5.86. The first-order valence-corrected chi connectivity index (χ1v) is 7.36. The summed E-state index contributed by atoms with van der Waals surface area (Å²) in [4.78, 5) is 13.7. The second kappa shape index (κ2) is 6.34. The van der Waals surface area contributed by atoms with Crippen LogP contribution >= 0.6 is 0 Å². The van der Waals surface area contributed by atoms with E-state index in [-0.39, 0.29) is 12.2 Å². The fourth-order valence-corrected chi connectivity index (χ4v) is 2.27. The lowest BCUT2D eigenvalue weighted by molar-refractivity contribution is 0.0275. The monoisotopic (exact) mass is 308 g/mol. The topological polar surface area (TPSA) is 74.0 Å². The van der Waals surface area contributed by atoms with Crippen molar-refractivity contribution in [2.75, 3.05) is 25.9 Å². The highest BCUT2D eigenvalue weighted by atomic mass is 16.6. The Morgan fingerprint density at radius 3 is 2.73 bits per heavy atom. The van der Waals surface area contributed by atoms with Crippen molar-refractivity contribution in [1.82, 2.24) is 4.90 Å². The first-order valence-electron chi connectivity index (χ1n) is 7.36. The SMILES string of the molecule is COc1cc(O[C@H]2CCN(C(=O)OC(C)(C)C)C2)ccc1N. The minimum absolute atomic E-state index is 0.0548. The Labute approximate surface area is 131 Å². The molecule has 6 heteroatoms. The Morgan fingerprint density at radius 2 is 2.09 bits per heavy atom. The average Bonchev–Trinajstić information content (AvgIpc) is 2.87. The molecule has 0 aromatic heterocycles. The molecule has 2 rings (SSSR count). The standard InChI is InChI=1S/C16H24N2O4/c1-16(2,3)22-15(19)18-8-7-12(10-18)21-11-5-6-13(17)14(9-11)20-4/h5-6,9,12H,7-8,10,17H2,1-4H3/t12-/m0/s1. The molecule has 1 aromatic rings. The highest BCUT2D eigenvalue weighted by Crippen LogP contribution is 2.28. The van der Waals surface area contributed by atoms with Crippen LogP contribution in [0.25, 0.3) is 0 Å². The minimum atomic E-state index is -0.486. The highest BCUT2D eigenvalue weighted by Gasteiger charge is 2.30. The summed E-state index contributed by atoms with van der Waals surface area (Å²) in [6.45, 7) is 6.72. The van der Waals surface area contributed by atoms with Crippen molar-refractivity contribution >= 4 is 11.8 Å². The van der Waals surface area contributed by atoms with Crippen molar-refractivity contribution in [3.63, 3.8) is 0 Å². The maximum Gasteiger partial charge on any atom is 0.410 e. The van der Waals surface area contributed by atoms with Crippen molar-refractivity contribution < 1.29 is 19.0 Å². The molecule has 0 radical (unpaired) electrons. The first kappa shape index (κ1) is 16.3. The van der Waals surface area contributed by atoms with E-state index >= 15 is 0 Å². The van der Waals surface area contributed by atoms with E-state index in [1.165, 1.54) is 0 Å². The fourth-order valence-electron chi connectivity index (χ4n) is 2.27. The van der Waals surface area contributed by atoms with Gasteiger partial charge < -0.3 is 24.8 Å². The van der Waals surface area contributed by atoms with E-state index < -0.39 is 5.60 Å². The highest BCUT2D eigenvalue weighted by molar-refractivity contribution is 5.68. The lowest BCUT2D eigenvalue weighted by Crippen LogP contribution is -2.36. The number of ether oxygens (including phenoxy) is 3. The van der Waals surface area contributed by atoms with E-state index in [1.54, 1.807) is 30.2 Å². The molecule has 2 N–H and O–H groups in total. The van der Waals surface area contributed by atoms with Crippen LogP contribution < -0.4 is 15.2 Å². The summed E-state index contributed by atoms with van der Waals surface area (Å²) in [6, 6.07) is 5.30. The lowest BCUT2D eigenvalue weighted by atomic mass is 10.2. The molecule has 1 heterocycles. The van der Waals surface area contributed by atoms with Crippen LogP contribution in [0, 0.1) is 0 Å². The molecule has 1 aromatic carbocycles. The van der Waals surface area contributed by atoms with E-state index in [9.17, 15) is 4.79 Å². The first-order chi connectivity index (χ1) is 10.3. The summed E-state index contributed by atoms with van der Waals surface area (Å²) in [5.74, 6) is 1.27. The van der Waals surface area contributed by atoms with Crippen LogP contribution in [0.1, 0.15) is 27.2 Å². The van der Waals surface area contributed by atoms with Gasteiger partial charge in [-0.1, -0.05) is 0 Å². The van der Waals surface area contributed by atoms with Gasteiger partial charge in [0.2, 0.25) is 0 Å². The van der Waals surface area contributed by atoms with Crippen molar-refractivity contribution in [3.05, 3.63) is 18.2 Å². The Hall–Kier alpha value is -2.11. The average molecular weight is 308 g/mol. The van der Waals surface area contributed by atoms with E-state index in [1.807, 2.05) is 20.8 Å². The predicted molar refractivity (Wildman–Crippen MR) is 84.2 cm³/mol. The van der Waals surface area contributed by atoms with Gasteiger partial charge in [-0.3, -0.25) is 0 Å². The van der Waals surface area contributed by atoms with Gasteiger partial charge in [-0.05, 0) is 32.9 Å². The molecule has 1 fully saturated rings. The number of benzene rings is 1. The third-order valence-corrected chi connectivity index (χ3v) is 3.30. The van der Waals surface area contributed by atoms with Crippen LogP contribution in [0.3, 0.4) is 0 Å². The van der Waals surface area contributed by atoms with E-state index in [2.05, 4.69) is 0 Å². The lowest BCUT2D eigenvalue weighted by Gasteiger charge is -2.24. The number of anilines is 1. The number of hydrogen-bond donors (Lipinski definition) is 1. The Balaban J connectivity index is 1.92. The minimum Gasteiger partial charge on any atom is -0.494 e. The van der Waals surface area contributed by atoms with E-state index in [4.69, 9.17) is 19.9 Å². The molecule has 0 aliphatic carbocycles. The van der Waals surface area contributed by atoms with Crippen LogP contribution in [-0.2, 0) is 4.74 Å². The number of rotatable bonds is 3. The number of carbonyl (C=O) groups excluding carboxylic acids is 1. The summed E-state index contributed by atoms with van der Waals surface area (Å²) >= 11 is 0. The Kier molecular flexibility index (Phi) is 4.68. The number of hydrogen-bond acceptors (Lipinski definition) is 5. The molecular weight excluding hydrogens is 284 g/mol. The second-order valence-corrected chi connectivity index (χ2v) is 6.36. The van der Waals surface area contributed by atoms with Gasteiger partial charge in [-0.25, -0.2) is 4.79 Å². The molecule has 22 heavy (non-hydrogen) atoms. The van der Waals surface area contributed by atoms with Gasteiger partial charge in [0.25, 0.3) is 0 Å². The second-order valence-electron chi connectivity index (χ2n) is 6.36. The number of nitrogen functional groups attached to an aromatic ring is 1. The van der Waals surface area contributed by atoms with E-state index in [0.29, 0.717) is 30.3 Å². The van der Waals surface area contributed by atoms with Crippen molar-refractivity contribution in [3.8, 4) is 11.5 Å². The molecule has 1 aliphatic heterocycles. The van der Waals surface area contributed by atoms with Crippen LogP contribution in [-0.4, -0.2) is 42.9 Å². The largest absolute Gasteiger partial charge is 0.494 e. The molecule has 122 valence electrons. The van der Waals surface area contributed by atoms with E-state index in [0.717, 1.165) is 6.42 Å². The van der Waals surface area contributed by atoms with Crippen molar-refractivity contribution in [1.29, 1.82) is 0 Å². The van der Waals surface area contributed by atoms with Gasteiger partial charge in [-0.15, -0.1) is 0 Å². The van der Waals surface area contributed by atoms with Gasteiger partial charge >= 0.3 is 6.09 Å². The normalized spacial score (nSPS) is 18.2. The van der Waals surface area contributed by atoms with Gasteiger partial charge in [0, 0.05) is 19.0 Å². The molecule has 1 amide bonds. The van der Waals surface area contributed by atoms with Gasteiger partial charge in [-0.2, -0.15) is 0 Å². The van der Waals surface area contributed by atoms with Crippen LogP contribution in [0.2, 0.25) is 0 Å². The Bertz CT molecular complexity index is 539. The molecule has 0 bridgehead atoms. The fraction of sp³-hybridized carbons (Fsp3) is 0.562. The summed E-state index contributed by atoms with van der Waals surface area (Å²) < 4.78 is 16.4. The third-order valence-electron chi connectivity index (χ3n) is 3.30. The predicted octanol–water partition coefficient (Wildman–Crippen LogP) is 2.67. The molecule has 0 spiro atoms. The number of likely N-dealkylation sites (tertiary alicyclic amines) is 1. The van der Waals surface area contributed by atoms with Crippen LogP contribution in [0.4, 0.5) is 10.5 Å². The van der Waals surface area contributed by atoms with Crippen LogP contribution in [0.15, 0.2) is 18.2 Å². The molecule has 0 saturated carbocycles. The van der Waals surface area contributed by atoms with Gasteiger partial charge in [0.1, 0.15) is 23.2 Å². The summed E-state index contributed by atoms with van der Waals surface area (Å²) in [7, 11) is 1.56. The number of methoxy groups -OCH3 is 1. The molecule has 0 unspecified atom stereocenters. The zero-order valence-electron chi connectivity index (χ0n) is 13.6. The van der Waals surface area contributed by atoms with Crippen molar-refractivity contribution in [2.45, 2.75) is 38.9 Å². The van der Waals surface area contributed by atoms with Crippen molar-refractivity contribution in [2.24, 2.45) is 0 Å². The molecule has 1 atom stereocenters. The third kappa shape index (κ3) is 4.19.